The fourth-order valence-corrected chi connectivity index (χ4v) is 10.1. The molecule has 2 bridgehead atoms. The van der Waals surface area contributed by atoms with Crippen molar-refractivity contribution in [2.24, 2.45) is 40.4 Å². The van der Waals surface area contributed by atoms with Crippen LogP contribution in [0.15, 0.2) is 0 Å². The topological polar surface area (TPSA) is 85.2 Å². The van der Waals surface area contributed by atoms with Crippen molar-refractivity contribution in [3.8, 4) is 0 Å². The Balaban J connectivity index is 1.44. The molecule has 2 heterocycles. The van der Waals surface area contributed by atoms with E-state index in [1.54, 1.807) is 0 Å². The van der Waals surface area contributed by atoms with Crippen molar-refractivity contribution in [1.82, 2.24) is 0 Å². The van der Waals surface area contributed by atoms with Crippen molar-refractivity contribution in [3.63, 3.8) is 0 Å². The SMILES string of the molecule is CC(=O)O[C@@H]1CC[C@]2(C)[C@@]3(CC[C@]4(OO3)[C@@H]3CC[C@@H]([C@H](C)CC[C@H](C)C(C)C)[C@]3(C)C[C@@H](O)[C@]24O)C1. The third-order valence-corrected chi connectivity index (χ3v) is 12.6. The van der Waals surface area contributed by atoms with Gasteiger partial charge in [0.1, 0.15) is 22.9 Å². The van der Waals surface area contributed by atoms with E-state index in [-0.39, 0.29) is 23.4 Å². The minimum absolute atomic E-state index is 0.0991. The molecule has 2 aliphatic heterocycles. The molecule has 2 spiro atoms. The van der Waals surface area contributed by atoms with E-state index < -0.39 is 28.3 Å². The van der Waals surface area contributed by atoms with E-state index in [9.17, 15) is 15.0 Å². The summed E-state index contributed by atoms with van der Waals surface area (Å²) < 4.78 is 5.58. The van der Waals surface area contributed by atoms with Crippen LogP contribution in [0.1, 0.15) is 113 Å². The molecule has 11 atom stereocenters. The normalized spacial score (nSPS) is 51.3. The summed E-state index contributed by atoms with van der Waals surface area (Å²) in [6, 6.07) is 0. The number of rotatable bonds is 6. The molecule has 4 saturated carbocycles. The van der Waals surface area contributed by atoms with Gasteiger partial charge in [0, 0.05) is 18.8 Å². The molecule has 6 heteroatoms. The van der Waals surface area contributed by atoms with E-state index in [1.807, 2.05) is 0 Å². The molecule has 0 aromatic rings. The fraction of sp³-hybridized carbons (Fsp3) is 0.967. The predicted molar refractivity (Wildman–Crippen MR) is 137 cm³/mol. The first-order valence-electron chi connectivity index (χ1n) is 14.7. The van der Waals surface area contributed by atoms with E-state index in [0.717, 1.165) is 19.3 Å². The highest BCUT2D eigenvalue weighted by Gasteiger charge is 2.85. The molecular formula is C30H50O6. The molecule has 206 valence electrons. The molecule has 0 unspecified atom stereocenters. The lowest BCUT2D eigenvalue weighted by atomic mass is 9.37. The van der Waals surface area contributed by atoms with E-state index in [1.165, 1.54) is 19.8 Å². The van der Waals surface area contributed by atoms with Crippen LogP contribution in [0, 0.1) is 40.4 Å². The minimum Gasteiger partial charge on any atom is -0.462 e. The van der Waals surface area contributed by atoms with Crippen molar-refractivity contribution in [3.05, 3.63) is 0 Å². The quantitative estimate of drug-likeness (QED) is 0.361. The van der Waals surface area contributed by atoms with Gasteiger partial charge in [-0.1, -0.05) is 54.4 Å². The molecule has 4 aliphatic carbocycles. The van der Waals surface area contributed by atoms with Gasteiger partial charge in [-0.25, -0.2) is 9.78 Å². The summed E-state index contributed by atoms with van der Waals surface area (Å²) in [5.41, 5.74) is -3.80. The first-order valence-corrected chi connectivity index (χ1v) is 14.7. The maximum absolute atomic E-state index is 12.7. The Bertz CT molecular complexity index is 864. The summed E-state index contributed by atoms with van der Waals surface area (Å²) in [7, 11) is 0. The van der Waals surface area contributed by atoms with Gasteiger partial charge in [-0.3, -0.25) is 4.79 Å². The number of carbonyl (C=O) groups is 1. The summed E-state index contributed by atoms with van der Waals surface area (Å²) in [4.78, 5) is 24.4. The van der Waals surface area contributed by atoms with Gasteiger partial charge in [0.15, 0.2) is 0 Å². The summed E-state index contributed by atoms with van der Waals surface area (Å²) in [6.07, 6.45) is 7.28. The van der Waals surface area contributed by atoms with Crippen LogP contribution >= 0.6 is 0 Å². The number of aliphatic hydroxyl groups is 2. The second-order valence-electron chi connectivity index (χ2n) is 14.4. The van der Waals surface area contributed by atoms with Gasteiger partial charge in [0.2, 0.25) is 0 Å². The molecular weight excluding hydrogens is 456 g/mol. The molecule has 2 saturated heterocycles. The van der Waals surface area contributed by atoms with Crippen LogP contribution in [-0.4, -0.2) is 45.2 Å². The van der Waals surface area contributed by atoms with Gasteiger partial charge in [0.05, 0.1) is 6.10 Å². The number of esters is 1. The van der Waals surface area contributed by atoms with E-state index in [2.05, 4.69) is 41.5 Å². The number of aliphatic hydroxyl groups excluding tert-OH is 1. The number of fused-ring (bicyclic) bond motifs is 3. The highest BCUT2D eigenvalue weighted by molar-refractivity contribution is 5.66. The molecule has 0 amide bonds. The Morgan fingerprint density at radius 2 is 1.72 bits per heavy atom. The Kier molecular flexibility index (Phi) is 6.47. The van der Waals surface area contributed by atoms with Gasteiger partial charge < -0.3 is 14.9 Å². The number of hydrogen-bond acceptors (Lipinski definition) is 6. The number of hydrogen-bond donors (Lipinski definition) is 2. The average molecular weight is 507 g/mol. The minimum atomic E-state index is -1.38. The summed E-state index contributed by atoms with van der Waals surface area (Å²) >= 11 is 0. The van der Waals surface area contributed by atoms with Crippen molar-refractivity contribution >= 4 is 5.97 Å². The third kappa shape index (κ3) is 3.32. The first-order chi connectivity index (χ1) is 16.8. The molecule has 6 nitrogen and oxygen atoms in total. The lowest BCUT2D eigenvalue weighted by Gasteiger charge is -2.76. The maximum Gasteiger partial charge on any atom is 0.302 e. The van der Waals surface area contributed by atoms with Crippen molar-refractivity contribution in [2.75, 3.05) is 0 Å². The van der Waals surface area contributed by atoms with E-state index in [0.29, 0.717) is 55.8 Å². The summed E-state index contributed by atoms with van der Waals surface area (Å²) in [5.74, 6) is 2.33. The van der Waals surface area contributed by atoms with Gasteiger partial charge >= 0.3 is 5.97 Å². The van der Waals surface area contributed by atoms with Gasteiger partial charge in [-0.05, 0) is 80.0 Å². The molecule has 6 rings (SSSR count). The highest BCUT2D eigenvalue weighted by Crippen LogP contribution is 2.76. The molecule has 6 aliphatic rings. The molecule has 0 radical (unpaired) electrons. The van der Waals surface area contributed by atoms with Gasteiger partial charge in [-0.2, -0.15) is 0 Å². The zero-order chi connectivity index (χ0) is 26.3. The van der Waals surface area contributed by atoms with Crippen molar-refractivity contribution in [2.45, 2.75) is 142 Å². The number of carbonyl (C=O) groups excluding carboxylic acids is 1. The summed E-state index contributed by atoms with van der Waals surface area (Å²) in [5, 5.41) is 24.6. The Morgan fingerprint density at radius 3 is 2.33 bits per heavy atom. The molecule has 36 heavy (non-hydrogen) atoms. The second kappa shape index (κ2) is 8.66. The van der Waals surface area contributed by atoms with Crippen LogP contribution in [0.5, 0.6) is 0 Å². The third-order valence-electron chi connectivity index (χ3n) is 12.6. The van der Waals surface area contributed by atoms with Crippen LogP contribution in [0.2, 0.25) is 0 Å². The summed E-state index contributed by atoms with van der Waals surface area (Å²) in [6.45, 7) is 15.3. The van der Waals surface area contributed by atoms with Crippen molar-refractivity contribution in [1.29, 1.82) is 0 Å². The largest absolute Gasteiger partial charge is 0.462 e. The van der Waals surface area contributed by atoms with Crippen molar-refractivity contribution < 1.29 is 29.5 Å². The number of ether oxygens (including phenoxy) is 1. The average Bonchev–Trinajstić information content (AvgIpc) is 3.15. The second-order valence-corrected chi connectivity index (χ2v) is 14.4. The Hall–Kier alpha value is -0.690. The standard InChI is InChI=1S/C30H50O6/c1-18(2)19(3)8-9-20(4)23-10-11-24-26(23,6)17-25(32)30(33)27(7)13-12-22(34-21(5)31)16-28(27)14-15-29(24,30)36-35-28/h18-20,22-25,32-33H,8-17H2,1-7H3/t19-,20+,22+,23-,24+,25+,26-,27+,28+,29-,30-/m0/s1. The molecule has 0 aromatic heterocycles. The Morgan fingerprint density at radius 1 is 1.00 bits per heavy atom. The monoisotopic (exact) mass is 506 g/mol. The smallest absolute Gasteiger partial charge is 0.302 e. The lowest BCUT2D eigenvalue weighted by Crippen LogP contribution is -2.87. The van der Waals surface area contributed by atoms with Crippen LogP contribution in [0.25, 0.3) is 0 Å². The fourth-order valence-electron chi connectivity index (χ4n) is 10.1. The van der Waals surface area contributed by atoms with Crippen LogP contribution in [-0.2, 0) is 19.3 Å². The molecule has 0 aromatic carbocycles. The predicted octanol–water partition coefficient (Wildman–Crippen LogP) is 5.58. The first kappa shape index (κ1) is 26.9. The highest BCUT2D eigenvalue weighted by atomic mass is 17.2. The van der Waals surface area contributed by atoms with E-state index in [4.69, 9.17) is 14.5 Å². The van der Waals surface area contributed by atoms with Crippen LogP contribution in [0.4, 0.5) is 0 Å². The van der Waals surface area contributed by atoms with Gasteiger partial charge in [0.25, 0.3) is 0 Å². The zero-order valence-electron chi connectivity index (χ0n) is 23.6. The van der Waals surface area contributed by atoms with Gasteiger partial charge in [-0.15, -0.1) is 0 Å². The zero-order valence-corrected chi connectivity index (χ0v) is 23.6. The van der Waals surface area contributed by atoms with Crippen LogP contribution < -0.4 is 0 Å². The molecule has 2 N–H and O–H groups in total. The lowest BCUT2D eigenvalue weighted by molar-refractivity contribution is -0.569. The van der Waals surface area contributed by atoms with E-state index >= 15 is 0 Å². The molecule has 6 fully saturated rings. The maximum atomic E-state index is 12.7. The Labute approximate surface area is 217 Å². The van der Waals surface area contributed by atoms with Crippen LogP contribution in [0.3, 0.4) is 0 Å².